The Bertz CT molecular complexity index is 409. The molecule has 1 atom stereocenters. The van der Waals surface area contributed by atoms with E-state index in [1.54, 1.807) is 10.4 Å². The molecule has 3 heteroatoms. The molecule has 0 radical (unpaired) electrons. The molecule has 1 N–H and O–H groups in total. The van der Waals surface area contributed by atoms with Crippen LogP contribution in [0, 0.1) is 0 Å². The fourth-order valence-corrected chi connectivity index (χ4v) is 4.35. The first kappa shape index (κ1) is 16.0. The van der Waals surface area contributed by atoms with Gasteiger partial charge in [0.1, 0.15) is 0 Å². The van der Waals surface area contributed by atoms with Gasteiger partial charge in [-0.1, -0.05) is 27.7 Å². The molecule has 1 saturated heterocycles. The summed E-state index contributed by atoms with van der Waals surface area (Å²) in [5.74, 6) is 0. The maximum atomic E-state index is 3.83. The minimum atomic E-state index is 0.329. The zero-order valence-corrected chi connectivity index (χ0v) is 14.4. The molecule has 2 rings (SSSR count). The van der Waals surface area contributed by atoms with Gasteiger partial charge in [0.15, 0.2) is 0 Å². The van der Waals surface area contributed by atoms with Gasteiger partial charge >= 0.3 is 0 Å². The van der Waals surface area contributed by atoms with E-state index in [0.29, 0.717) is 11.6 Å². The molecule has 1 aliphatic heterocycles. The van der Waals surface area contributed by atoms with Crippen LogP contribution >= 0.6 is 11.3 Å². The standard InChI is InChI=1S/C17H30N2S/c1-5-14-9-10-20-16(14)12-19-13-17(7-3,8-4)18-11-15(19)6-2/h9-10,15,18H,5-8,11-13H2,1-4H3. The SMILES string of the molecule is CCc1ccsc1CN1CC(CC)(CC)NCC1CC. The van der Waals surface area contributed by atoms with E-state index in [1.165, 1.54) is 25.8 Å². The highest BCUT2D eigenvalue weighted by atomic mass is 32.1. The summed E-state index contributed by atoms with van der Waals surface area (Å²) in [7, 11) is 0. The molecule has 1 unspecified atom stereocenters. The third-order valence-electron chi connectivity index (χ3n) is 5.12. The molecule has 2 nitrogen and oxygen atoms in total. The van der Waals surface area contributed by atoms with Gasteiger partial charge in [-0.15, -0.1) is 11.3 Å². The van der Waals surface area contributed by atoms with Gasteiger partial charge in [0.05, 0.1) is 0 Å². The lowest BCUT2D eigenvalue weighted by Crippen LogP contribution is -2.63. The summed E-state index contributed by atoms with van der Waals surface area (Å²) >= 11 is 1.93. The van der Waals surface area contributed by atoms with Crippen molar-refractivity contribution in [1.29, 1.82) is 0 Å². The van der Waals surface area contributed by atoms with Crippen LogP contribution < -0.4 is 5.32 Å². The molecule has 1 aromatic rings. The molecule has 20 heavy (non-hydrogen) atoms. The molecule has 0 saturated carbocycles. The van der Waals surface area contributed by atoms with Crippen molar-refractivity contribution in [2.75, 3.05) is 13.1 Å². The molecule has 0 bridgehead atoms. The summed E-state index contributed by atoms with van der Waals surface area (Å²) in [6.07, 6.45) is 4.85. The molecule has 0 aromatic carbocycles. The second-order valence-electron chi connectivity index (χ2n) is 6.06. The molecule has 2 heterocycles. The van der Waals surface area contributed by atoms with E-state index >= 15 is 0 Å². The normalized spacial score (nSPS) is 23.1. The van der Waals surface area contributed by atoms with Crippen LogP contribution in [-0.4, -0.2) is 29.6 Å². The van der Waals surface area contributed by atoms with Gasteiger partial charge < -0.3 is 5.32 Å². The number of thiophene rings is 1. The summed E-state index contributed by atoms with van der Waals surface area (Å²) < 4.78 is 0. The highest BCUT2D eigenvalue weighted by Gasteiger charge is 2.36. The lowest BCUT2D eigenvalue weighted by molar-refractivity contribution is 0.0650. The van der Waals surface area contributed by atoms with Crippen LogP contribution in [0.3, 0.4) is 0 Å². The molecule has 114 valence electrons. The average molecular weight is 295 g/mol. The summed E-state index contributed by atoms with van der Waals surface area (Å²) in [5, 5.41) is 6.09. The average Bonchev–Trinajstić information content (AvgIpc) is 2.94. The minimum absolute atomic E-state index is 0.329. The zero-order valence-electron chi connectivity index (χ0n) is 13.5. The lowest BCUT2D eigenvalue weighted by Gasteiger charge is -2.47. The largest absolute Gasteiger partial charge is 0.308 e. The summed E-state index contributed by atoms with van der Waals surface area (Å²) in [6, 6.07) is 2.99. The highest BCUT2D eigenvalue weighted by molar-refractivity contribution is 7.10. The van der Waals surface area contributed by atoms with Gasteiger partial charge in [-0.3, -0.25) is 4.90 Å². The van der Waals surface area contributed by atoms with E-state index < -0.39 is 0 Å². The summed E-state index contributed by atoms with van der Waals surface area (Å²) in [5.41, 5.74) is 1.87. The van der Waals surface area contributed by atoms with Crippen molar-refractivity contribution >= 4 is 11.3 Å². The Kier molecular flexibility index (Phi) is 5.65. The van der Waals surface area contributed by atoms with Crippen LogP contribution in [-0.2, 0) is 13.0 Å². The second kappa shape index (κ2) is 7.06. The van der Waals surface area contributed by atoms with Gasteiger partial charge in [-0.25, -0.2) is 0 Å². The van der Waals surface area contributed by atoms with Gasteiger partial charge in [0.25, 0.3) is 0 Å². The van der Waals surface area contributed by atoms with Crippen LogP contribution in [0.5, 0.6) is 0 Å². The van der Waals surface area contributed by atoms with E-state index in [1.807, 2.05) is 11.3 Å². The first-order valence-electron chi connectivity index (χ1n) is 8.22. The quantitative estimate of drug-likeness (QED) is 0.851. The number of rotatable bonds is 6. The Morgan fingerprint density at radius 2 is 2.05 bits per heavy atom. The molecule has 1 fully saturated rings. The first-order chi connectivity index (χ1) is 9.68. The zero-order chi connectivity index (χ0) is 14.6. The van der Waals surface area contributed by atoms with Crippen molar-refractivity contribution in [1.82, 2.24) is 10.2 Å². The predicted molar refractivity (Wildman–Crippen MR) is 89.5 cm³/mol. The fraction of sp³-hybridized carbons (Fsp3) is 0.765. The summed E-state index contributed by atoms with van der Waals surface area (Å²) in [4.78, 5) is 4.31. The first-order valence-corrected chi connectivity index (χ1v) is 9.10. The molecule has 1 aliphatic rings. The molecular weight excluding hydrogens is 264 g/mol. The monoisotopic (exact) mass is 294 g/mol. The lowest BCUT2D eigenvalue weighted by atomic mass is 9.88. The van der Waals surface area contributed by atoms with Crippen molar-refractivity contribution in [3.05, 3.63) is 21.9 Å². The van der Waals surface area contributed by atoms with E-state index in [4.69, 9.17) is 0 Å². The van der Waals surface area contributed by atoms with Crippen LogP contribution in [0.15, 0.2) is 11.4 Å². The topological polar surface area (TPSA) is 15.3 Å². The Labute approximate surface area is 128 Å². The van der Waals surface area contributed by atoms with E-state index in [0.717, 1.165) is 19.5 Å². The van der Waals surface area contributed by atoms with E-state index in [2.05, 4.69) is 49.4 Å². The van der Waals surface area contributed by atoms with Crippen LogP contribution in [0.2, 0.25) is 0 Å². The van der Waals surface area contributed by atoms with Gasteiger partial charge in [-0.05, 0) is 42.7 Å². The van der Waals surface area contributed by atoms with Crippen LogP contribution in [0.25, 0.3) is 0 Å². The van der Waals surface area contributed by atoms with E-state index in [9.17, 15) is 0 Å². The van der Waals surface area contributed by atoms with Crippen molar-refractivity contribution in [2.45, 2.75) is 71.5 Å². The number of piperazine rings is 1. The third kappa shape index (κ3) is 3.26. The molecule has 0 spiro atoms. The van der Waals surface area contributed by atoms with Crippen LogP contribution in [0.4, 0.5) is 0 Å². The second-order valence-corrected chi connectivity index (χ2v) is 7.06. The predicted octanol–water partition coefficient (Wildman–Crippen LogP) is 4.05. The number of nitrogens with one attached hydrogen (secondary N) is 1. The molecular formula is C17H30N2S. The Morgan fingerprint density at radius 3 is 2.65 bits per heavy atom. The van der Waals surface area contributed by atoms with Crippen molar-refractivity contribution in [2.24, 2.45) is 0 Å². The molecule has 0 aliphatic carbocycles. The number of hydrogen-bond donors (Lipinski definition) is 1. The van der Waals surface area contributed by atoms with Gasteiger partial charge in [0.2, 0.25) is 0 Å². The number of hydrogen-bond acceptors (Lipinski definition) is 3. The van der Waals surface area contributed by atoms with Gasteiger partial charge in [0, 0.05) is 36.1 Å². The molecule has 0 amide bonds. The maximum absolute atomic E-state index is 3.83. The van der Waals surface area contributed by atoms with Crippen LogP contribution in [0.1, 0.15) is 57.4 Å². The highest BCUT2D eigenvalue weighted by Crippen LogP contribution is 2.27. The molecule has 1 aromatic heterocycles. The summed E-state index contributed by atoms with van der Waals surface area (Å²) in [6.45, 7) is 12.7. The Hall–Kier alpha value is -0.380. The van der Waals surface area contributed by atoms with Crippen molar-refractivity contribution in [3.8, 4) is 0 Å². The number of aryl methyl sites for hydroxylation is 1. The minimum Gasteiger partial charge on any atom is -0.308 e. The van der Waals surface area contributed by atoms with E-state index in [-0.39, 0.29) is 0 Å². The third-order valence-corrected chi connectivity index (χ3v) is 6.07. The van der Waals surface area contributed by atoms with Crippen molar-refractivity contribution in [3.63, 3.8) is 0 Å². The fourth-order valence-electron chi connectivity index (χ4n) is 3.35. The smallest absolute Gasteiger partial charge is 0.0334 e. The Morgan fingerprint density at radius 1 is 1.30 bits per heavy atom. The van der Waals surface area contributed by atoms with Gasteiger partial charge in [-0.2, -0.15) is 0 Å². The number of nitrogens with zero attached hydrogens (tertiary/aromatic N) is 1. The van der Waals surface area contributed by atoms with Crippen molar-refractivity contribution < 1.29 is 0 Å². The Balaban J connectivity index is 2.13. The maximum Gasteiger partial charge on any atom is 0.0334 e.